The average Bonchev–Trinajstić information content (AvgIpc) is 3.08. The molecule has 1 saturated heterocycles. The molecule has 2 heterocycles. The highest BCUT2D eigenvalue weighted by molar-refractivity contribution is 5.10. The van der Waals surface area contributed by atoms with Gasteiger partial charge in [0.2, 0.25) is 0 Å². The molecule has 2 aliphatic rings. The Morgan fingerprint density at radius 2 is 1.71 bits per heavy atom. The van der Waals surface area contributed by atoms with Crippen LogP contribution in [0.15, 0.2) is 16.9 Å². The summed E-state index contributed by atoms with van der Waals surface area (Å²) >= 11 is 0. The van der Waals surface area contributed by atoms with Crippen molar-refractivity contribution in [3.8, 4) is 0 Å². The summed E-state index contributed by atoms with van der Waals surface area (Å²) in [6.45, 7) is 12.6. The second kappa shape index (κ2) is 7.36. The quantitative estimate of drug-likeness (QED) is 0.847. The van der Waals surface area contributed by atoms with Crippen LogP contribution in [-0.4, -0.2) is 58.3 Å². The third-order valence-electron chi connectivity index (χ3n) is 5.51. The fourth-order valence-electron chi connectivity index (χ4n) is 3.87. The maximum atomic E-state index is 12.1. The van der Waals surface area contributed by atoms with Gasteiger partial charge < -0.3 is 0 Å². The zero-order valence-corrected chi connectivity index (χ0v) is 15.5. The minimum Gasteiger partial charge on any atom is -0.299 e. The van der Waals surface area contributed by atoms with E-state index in [1.54, 1.807) is 10.7 Å². The summed E-state index contributed by atoms with van der Waals surface area (Å²) in [5.74, 6) is 0. The van der Waals surface area contributed by atoms with Crippen LogP contribution in [0.2, 0.25) is 0 Å². The van der Waals surface area contributed by atoms with Crippen molar-refractivity contribution in [1.82, 2.24) is 19.6 Å². The molecule has 1 aliphatic carbocycles. The number of rotatable bonds is 4. The highest BCUT2D eigenvalue weighted by Gasteiger charge is 2.26. The number of hydrogen-bond acceptors (Lipinski definition) is 4. The lowest BCUT2D eigenvalue weighted by Gasteiger charge is -2.38. The van der Waals surface area contributed by atoms with E-state index in [2.05, 4.69) is 35.7 Å². The van der Waals surface area contributed by atoms with E-state index in [0.29, 0.717) is 6.54 Å². The van der Waals surface area contributed by atoms with E-state index < -0.39 is 0 Å². The Bertz CT molecular complexity index is 590. The second-order valence-corrected chi connectivity index (χ2v) is 8.35. The summed E-state index contributed by atoms with van der Waals surface area (Å²) in [6, 6.07) is 4.35. The van der Waals surface area contributed by atoms with Crippen molar-refractivity contribution in [3.63, 3.8) is 0 Å². The summed E-state index contributed by atoms with van der Waals surface area (Å²) in [5.41, 5.74) is 0.961. The van der Waals surface area contributed by atoms with Gasteiger partial charge in [-0.25, -0.2) is 4.68 Å². The zero-order valence-electron chi connectivity index (χ0n) is 15.5. The summed E-state index contributed by atoms with van der Waals surface area (Å²) in [6.07, 6.45) is 5.59. The van der Waals surface area contributed by atoms with E-state index in [1.165, 1.54) is 38.8 Å². The minimum absolute atomic E-state index is 0.00703. The molecule has 0 aromatic carbocycles. The third-order valence-corrected chi connectivity index (χ3v) is 5.51. The molecule has 5 nitrogen and oxygen atoms in total. The molecule has 3 rings (SSSR count). The first kappa shape index (κ1) is 17.6. The topological polar surface area (TPSA) is 41.4 Å². The van der Waals surface area contributed by atoms with Gasteiger partial charge in [-0.1, -0.05) is 33.6 Å². The van der Waals surface area contributed by atoms with E-state index in [-0.39, 0.29) is 11.0 Å². The maximum absolute atomic E-state index is 12.1. The van der Waals surface area contributed by atoms with Crippen LogP contribution < -0.4 is 5.56 Å². The molecule has 0 spiro atoms. The van der Waals surface area contributed by atoms with Gasteiger partial charge in [-0.15, -0.1) is 0 Å². The van der Waals surface area contributed by atoms with E-state index in [1.807, 2.05) is 6.07 Å². The van der Waals surface area contributed by atoms with Gasteiger partial charge in [-0.2, -0.15) is 5.10 Å². The molecule has 1 aromatic rings. The molecule has 24 heavy (non-hydrogen) atoms. The molecule has 5 heteroatoms. The average molecular weight is 332 g/mol. The van der Waals surface area contributed by atoms with Crippen LogP contribution in [0, 0.1) is 0 Å². The summed E-state index contributed by atoms with van der Waals surface area (Å²) in [4.78, 5) is 17.2. The van der Waals surface area contributed by atoms with Gasteiger partial charge in [0.05, 0.1) is 12.2 Å². The Kier molecular flexibility index (Phi) is 5.40. The summed E-state index contributed by atoms with van der Waals surface area (Å²) < 4.78 is 1.64. The lowest BCUT2D eigenvalue weighted by molar-refractivity contribution is 0.0946. The summed E-state index contributed by atoms with van der Waals surface area (Å²) in [7, 11) is 0. The van der Waals surface area contributed by atoms with Gasteiger partial charge >= 0.3 is 0 Å². The maximum Gasteiger partial charge on any atom is 0.266 e. The van der Waals surface area contributed by atoms with E-state index in [9.17, 15) is 4.79 Å². The SMILES string of the molecule is CC(C)(C)c1ccc(=O)n(CCN2CCN(C3CCCC3)CC2)n1. The van der Waals surface area contributed by atoms with Crippen molar-refractivity contribution in [2.24, 2.45) is 0 Å². The molecule has 0 unspecified atom stereocenters. The van der Waals surface area contributed by atoms with Gasteiger partial charge in [-0.3, -0.25) is 14.6 Å². The Labute approximate surface area is 145 Å². The van der Waals surface area contributed by atoms with Crippen molar-refractivity contribution in [2.45, 2.75) is 64.5 Å². The zero-order chi connectivity index (χ0) is 17.2. The largest absolute Gasteiger partial charge is 0.299 e. The third kappa shape index (κ3) is 4.25. The fraction of sp³-hybridized carbons (Fsp3) is 0.789. The van der Waals surface area contributed by atoms with Crippen molar-refractivity contribution in [2.75, 3.05) is 32.7 Å². The first-order chi connectivity index (χ1) is 11.4. The van der Waals surface area contributed by atoms with Crippen molar-refractivity contribution >= 4 is 0 Å². The monoisotopic (exact) mass is 332 g/mol. The highest BCUT2D eigenvalue weighted by Crippen LogP contribution is 2.24. The van der Waals surface area contributed by atoms with Crippen molar-refractivity contribution in [3.05, 3.63) is 28.2 Å². The van der Waals surface area contributed by atoms with Crippen LogP contribution in [0.25, 0.3) is 0 Å². The predicted octanol–water partition coefficient (Wildman–Crippen LogP) is 2.10. The lowest BCUT2D eigenvalue weighted by atomic mass is 9.92. The predicted molar refractivity (Wildman–Crippen MR) is 97.5 cm³/mol. The van der Waals surface area contributed by atoms with Crippen LogP contribution in [0.4, 0.5) is 0 Å². The minimum atomic E-state index is -0.0254. The van der Waals surface area contributed by atoms with Gasteiger partial charge in [-0.05, 0) is 18.9 Å². The molecular formula is C19H32N4O. The fourth-order valence-corrected chi connectivity index (χ4v) is 3.87. The van der Waals surface area contributed by atoms with Gasteiger partial charge in [0, 0.05) is 50.2 Å². The lowest BCUT2D eigenvalue weighted by Crippen LogP contribution is -2.50. The van der Waals surface area contributed by atoms with Crippen LogP contribution in [0.3, 0.4) is 0 Å². The Balaban J connectivity index is 1.52. The summed E-state index contributed by atoms with van der Waals surface area (Å²) in [5, 5.41) is 4.57. The molecule has 0 atom stereocenters. The van der Waals surface area contributed by atoms with Crippen molar-refractivity contribution < 1.29 is 0 Å². The van der Waals surface area contributed by atoms with Gasteiger partial charge in [0.1, 0.15) is 0 Å². The molecule has 0 bridgehead atoms. The Morgan fingerprint density at radius 1 is 1.04 bits per heavy atom. The van der Waals surface area contributed by atoms with Crippen LogP contribution in [0.5, 0.6) is 0 Å². The Hall–Kier alpha value is -1.20. The molecule has 134 valence electrons. The second-order valence-electron chi connectivity index (χ2n) is 8.35. The van der Waals surface area contributed by atoms with E-state index in [4.69, 9.17) is 0 Å². The molecule has 1 saturated carbocycles. The first-order valence-electron chi connectivity index (χ1n) is 9.48. The number of hydrogen-bond donors (Lipinski definition) is 0. The van der Waals surface area contributed by atoms with E-state index in [0.717, 1.165) is 31.4 Å². The smallest absolute Gasteiger partial charge is 0.266 e. The standard InChI is InChI=1S/C19H32N4O/c1-19(2,3)17-8-9-18(24)23(20-17)15-12-21-10-13-22(14-11-21)16-6-4-5-7-16/h8-9,16H,4-7,10-15H2,1-3H3. The molecule has 0 amide bonds. The molecule has 0 N–H and O–H groups in total. The normalized spacial score (nSPS) is 21.5. The number of aromatic nitrogens is 2. The molecule has 1 aromatic heterocycles. The van der Waals surface area contributed by atoms with Crippen LogP contribution in [-0.2, 0) is 12.0 Å². The van der Waals surface area contributed by atoms with Crippen LogP contribution in [0.1, 0.15) is 52.1 Å². The first-order valence-corrected chi connectivity index (χ1v) is 9.48. The van der Waals surface area contributed by atoms with Gasteiger partial charge in [0.15, 0.2) is 0 Å². The highest BCUT2D eigenvalue weighted by atomic mass is 16.1. The molecule has 0 radical (unpaired) electrons. The van der Waals surface area contributed by atoms with Gasteiger partial charge in [0.25, 0.3) is 5.56 Å². The Morgan fingerprint density at radius 3 is 2.33 bits per heavy atom. The molecule has 1 aliphatic heterocycles. The van der Waals surface area contributed by atoms with Crippen molar-refractivity contribution in [1.29, 1.82) is 0 Å². The number of nitrogens with zero attached hydrogens (tertiary/aromatic N) is 4. The number of piperazine rings is 1. The molecular weight excluding hydrogens is 300 g/mol. The van der Waals surface area contributed by atoms with E-state index >= 15 is 0 Å². The van der Waals surface area contributed by atoms with Crippen LogP contribution >= 0.6 is 0 Å². The molecule has 2 fully saturated rings.